The number of amides is 1. The Morgan fingerprint density at radius 1 is 1.26 bits per heavy atom. The molecule has 2 aromatic rings. The maximum Gasteiger partial charge on any atom is 0.224 e. The Labute approximate surface area is 138 Å². The zero-order chi connectivity index (χ0) is 16.2. The summed E-state index contributed by atoms with van der Waals surface area (Å²) >= 11 is 0. The lowest BCUT2D eigenvalue weighted by molar-refractivity contribution is -0.123. The van der Waals surface area contributed by atoms with Gasteiger partial charge in [0.05, 0.1) is 0 Å². The molecule has 0 saturated heterocycles. The van der Waals surface area contributed by atoms with Crippen molar-refractivity contribution in [2.75, 3.05) is 6.54 Å². The molecule has 0 aliphatic heterocycles. The van der Waals surface area contributed by atoms with E-state index in [-0.39, 0.29) is 17.9 Å². The van der Waals surface area contributed by atoms with Gasteiger partial charge in [0.25, 0.3) is 0 Å². The number of carbonyl (C=O) groups excluding carboxylic acids is 1. The van der Waals surface area contributed by atoms with Gasteiger partial charge in [-0.25, -0.2) is 0 Å². The van der Waals surface area contributed by atoms with Gasteiger partial charge in [-0.1, -0.05) is 62.2 Å². The summed E-state index contributed by atoms with van der Waals surface area (Å²) in [4.78, 5) is 12.5. The summed E-state index contributed by atoms with van der Waals surface area (Å²) in [5, 5.41) is 5.67. The molecule has 0 heterocycles. The summed E-state index contributed by atoms with van der Waals surface area (Å²) in [5.74, 6) is 0.636. The fourth-order valence-corrected chi connectivity index (χ4v) is 3.41. The minimum atomic E-state index is 0.108. The molecule has 0 radical (unpaired) electrons. The summed E-state index contributed by atoms with van der Waals surface area (Å²) < 4.78 is 0. The van der Waals surface area contributed by atoms with Gasteiger partial charge in [0.15, 0.2) is 0 Å². The fourth-order valence-electron chi connectivity index (χ4n) is 3.41. The molecule has 3 heteroatoms. The van der Waals surface area contributed by atoms with Crippen molar-refractivity contribution in [2.45, 2.75) is 44.6 Å². The highest BCUT2D eigenvalue weighted by molar-refractivity contribution is 5.89. The molecule has 3 unspecified atom stereocenters. The number of rotatable bonds is 7. The molecule has 1 amide bonds. The van der Waals surface area contributed by atoms with Gasteiger partial charge in [0.2, 0.25) is 5.91 Å². The Kier molecular flexibility index (Phi) is 4.97. The van der Waals surface area contributed by atoms with Crippen molar-refractivity contribution in [2.24, 2.45) is 11.7 Å². The number of nitrogens with two attached hydrogens (primary N) is 1. The number of hydrogen-bond acceptors (Lipinski definition) is 2. The lowest BCUT2D eigenvalue weighted by Gasteiger charge is -2.16. The van der Waals surface area contributed by atoms with Crippen molar-refractivity contribution in [1.82, 2.24) is 5.32 Å². The molecule has 0 aromatic heterocycles. The molecule has 3 N–H and O–H groups in total. The van der Waals surface area contributed by atoms with E-state index < -0.39 is 0 Å². The van der Waals surface area contributed by atoms with Crippen molar-refractivity contribution in [3.8, 4) is 0 Å². The average molecular weight is 310 g/mol. The van der Waals surface area contributed by atoms with Crippen LogP contribution in [0.4, 0.5) is 0 Å². The van der Waals surface area contributed by atoms with E-state index in [4.69, 9.17) is 5.73 Å². The van der Waals surface area contributed by atoms with Crippen molar-refractivity contribution in [3.05, 3.63) is 48.0 Å². The number of benzene rings is 2. The monoisotopic (exact) mass is 310 g/mol. The van der Waals surface area contributed by atoms with Crippen molar-refractivity contribution in [1.29, 1.82) is 0 Å². The first-order chi connectivity index (χ1) is 11.2. The van der Waals surface area contributed by atoms with Crippen molar-refractivity contribution >= 4 is 16.7 Å². The number of carbonyl (C=O) groups is 1. The summed E-state index contributed by atoms with van der Waals surface area (Å²) in [6.45, 7) is 2.68. The molecular weight excluding hydrogens is 284 g/mol. The van der Waals surface area contributed by atoms with E-state index in [2.05, 4.69) is 54.7 Å². The highest BCUT2D eigenvalue weighted by Crippen LogP contribution is 2.49. The molecule has 3 atom stereocenters. The van der Waals surface area contributed by atoms with E-state index in [1.165, 1.54) is 16.3 Å². The highest BCUT2D eigenvalue weighted by Gasteiger charge is 2.44. The second kappa shape index (κ2) is 7.14. The first kappa shape index (κ1) is 16.0. The number of fused-ring (bicyclic) bond motifs is 1. The quantitative estimate of drug-likeness (QED) is 0.821. The number of unbranched alkanes of at least 4 members (excludes halogenated alkanes) is 1. The SMILES string of the molecule is CCCCC(CN)NC(=O)C1CC1c1cccc2ccccc12. The smallest absolute Gasteiger partial charge is 0.224 e. The van der Waals surface area contributed by atoms with Crippen LogP contribution in [0.15, 0.2) is 42.5 Å². The topological polar surface area (TPSA) is 55.1 Å². The molecule has 1 aliphatic rings. The summed E-state index contributed by atoms with van der Waals surface area (Å²) in [6.07, 6.45) is 4.17. The van der Waals surface area contributed by atoms with Crippen molar-refractivity contribution < 1.29 is 4.79 Å². The van der Waals surface area contributed by atoms with Gasteiger partial charge in [-0.3, -0.25) is 4.79 Å². The third kappa shape index (κ3) is 3.56. The molecule has 0 bridgehead atoms. The summed E-state index contributed by atoms with van der Waals surface area (Å²) in [6, 6.07) is 14.9. The molecule has 2 aromatic carbocycles. The van der Waals surface area contributed by atoms with Gasteiger partial charge < -0.3 is 11.1 Å². The third-order valence-corrected chi connectivity index (χ3v) is 4.89. The van der Waals surface area contributed by atoms with Crippen LogP contribution < -0.4 is 11.1 Å². The first-order valence-electron chi connectivity index (χ1n) is 8.72. The van der Waals surface area contributed by atoms with Crippen LogP contribution in [-0.4, -0.2) is 18.5 Å². The summed E-state index contributed by atoms with van der Waals surface area (Å²) in [7, 11) is 0. The largest absolute Gasteiger partial charge is 0.352 e. The zero-order valence-electron chi connectivity index (χ0n) is 13.8. The Bertz CT molecular complexity index is 677. The van der Waals surface area contributed by atoms with E-state index in [0.717, 1.165) is 25.7 Å². The Morgan fingerprint density at radius 2 is 2.04 bits per heavy atom. The van der Waals surface area contributed by atoms with E-state index in [0.29, 0.717) is 12.5 Å². The van der Waals surface area contributed by atoms with Crippen LogP contribution in [0.1, 0.15) is 44.1 Å². The van der Waals surface area contributed by atoms with Crippen LogP contribution in [0.3, 0.4) is 0 Å². The first-order valence-corrected chi connectivity index (χ1v) is 8.72. The van der Waals surface area contributed by atoms with Gasteiger partial charge in [-0.2, -0.15) is 0 Å². The van der Waals surface area contributed by atoms with E-state index >= 15 is 0 Å². The molecule has 0 spiro atoms. The minimum Gasteiger partial charge on any atom is -0.352 e. The van der Waals surface area contributed by atoms with Crippen LogP contribution in [0.2, 0.25) is 0 Å². The maximum atomic E-state index is 12.5. The molecular formula is C20H26N2O. The zero-order valence-corrected chi connectivity index (χ0v) is 13.8. The van der Waals surface area contributed by atoms with Crippen molar-refractivity contribution in [3.63, 3.8) is 0 Å². The number of hydrogen-bond donors (Lipinski definition) is 2. The van der Waals surface area contributed by atoms with Crippen LogP contribution >= 0.6 is 0 Å². The van der Waals surface area contributed by atoms with Crippen LogP contribution in [0.25, 0.3) is 10.8 Å². The Balaban J connectivity index is 1.67. The molecule has 23 heavy (non-hydrogen) atoms. The van der Waals surface area contributed by atoms with E-state index in [1.807, 2.05) is 0 Å². The standard InChI is InChI=1S/C20H26N2O/c1-2-3-9-15(13-21)22-20(23)19-12-18(19)17-11-6-8-14-7-4-5-10-16(14)17/h4-8,10-11,15,18-19H,2-3,9,12-13,21H2,1H3,(H,22,23). The second-order valence-corrected chi connectivity index (χ2v) is 6.60. The Hall–Kier alpha value is -1.87. The normalized spacial score (nSPS) is 21.1. The summed E-state index contributed by atoms with van der Waals surface area (Å²) in [5.41, 5.74) is 7.09. The predicted molar refractivity (Wildman–Crippen MR) is 95.3 cm³/mol. The van der Waals surface area contributed by atoms with E-state index in [9.17, 15) is 4.79 Å². The lowest BCUT2D eigenvalue weighted by atomic mass is 10.00. The van der Waals surface area contributed by atoms with Crippen LogP contribution in [0.5, 0.6) is 0 Å². The van der Waals surface area contributed by atoms with Gasteiger partial charge in [0.1, 0.15) is 0 Å². The Morgan fingerprint density at radius 3 is 2.83 bits per heavy atom. The van der Waals surface area contributed by atoms with Gasteiger partial charge in [0, 0.05) is 18.5 Å². The van der Waals surface area contributed by atoms with Crippen LogP contribution in [-0.2, 0) is 4.79 Å². The van der Waals surface area contributed by atoms with Crippen LogP contribution in [0, 0.1) is 5.92 Å². The van der Waals surface area contributed by atoms with Gasteiger partial charge >= 0.3 is 0 Å². The molecule has 3 rings (SSSR count). The number of nitrogens with one attached hydrogen (secondary N) is 1. The molecule has 3 nitrogen and oxygen atoms in total. The highest BCUT2D eigenvalue weighted by atomic mass is 16.2. The molecule has 1 fully saturated rings. The van der Waals surface area contributed by atoms with Gasteiger partial charge in [-0.05, 0) is 35.1 Å². The second-order valence-electron chi connectivity index (χ2n) is 6.60. The molecule has 122 valence electrons. The molecule has 1 aliphatic carbocycles. The average Bonchev–Trinajstić information content (AvgIpc) is 3.38. The fraction of sp³-hybridized carbons (Fsp3) is 0.450. The maximum absolute atomic E-state index is 12.5. The predicted octanol–water partition coefficient (Wildman–Crippen LogP) is 3.58. The minimum absolute atomic E-state index is 0.108. The third-order valence-electron chi connectivity index (χ3n) is 4.89. The lowest BCUT2D eigenvalue weighted by Crippen LogP contribution is -2.41. The molecule has 1 saturated carbocycles. The van der Waals surface area contributed by atoms with E-state index in [1.54, 1.807) is 0 Å². The van der Waals surface area contributed by atoms with Gasteiger partial charge in [-0.15, -0.1) is 0 Å².